The van der Waals surface area contributed by atoms with Crippen molar-refractivity contribution < 1.29 is 4.79 Å². The van der Waals surface area contributed by atoms with Crippen LogP contribution in [0.1, 0.15) is 37.9 Å². The van der Waals surface area contributed by atoms with Crippen LogP contribution in [0, 0.1) is 5.92 Å². The number of carbonyl (C=O) groups excluding carboxylic acids is 1. The Bertz CT molecular complexity index is 858. The first-order chi connectivity index (χ1) is 13.5. The third kappa shape index (κ3) is 5.04. The fourth-order valence-electron chi connectivity index (χ4n) is 3.62. The first-order valence-corrected chi connectivity index (χ1v) is 10.9. The summed E-state index contributed by atoms with van der Waals surface area (Å²) in [5.41, 5.74) is 2.07. The van der Waals surface area contributed by atoms with Crippen molar-refractivity contribution in [1.29, 1.82) is 0 Å². The lowest BCUT2D eigenvalue weighted by atomic mass is 9.90. The Balaban J connectivity index is 1.56. The molecule has 6 heteroatoms. The van der Waals surface area contributed by atoms with Crippen molar-refractivity contribution in [2.75, 3.05) is 13.1 Å². The van der Waals surface area contributed by atoms with Crippen molar-refractivity contribution in [1.82, 2.24) is 14.5 Å². The zero-order valence-corrected chi connectivity index (χ0v) is 17.7. The number of piperidine rings is 1. The number of hydrogen-bond acceptors (Lipinski definition) is 4. The Morgan fingerprint density at radius 1 is 1.25 bits per heavy atom. The summed E-state index contributed by atoms with van der Waals surface area (Å²) in [5.74, 6) is 0.775. The van der Waals surface area contributed by atoms with Crippen LogP contribution in [0.15, 0.2) is 46.3 Å². The van der Waals surface area contributed by atoms with Gasteiger partial charge >= 0.3 is 0 Å². The largest absolute Gasteiger partial charge is 0.342 e. The fourth-order valence-corrected chi connectivity index (χ4v) is 4.60. The van der Waals surface area contributed by atoms with E-state index in [4.69, 9.17) is 0 Å². The molecular formula is C22H29N3O2S. The molecule has 2 aromatic rings. The molecule has 1 amide bonds. The summed E-state index contributed by atoms with van der Waals surface area (Å²) in [6, 6.07) is 12.1. The van der Waals surface area contributed by atoms with Gasteiger partial charge in [-0.3, -0.25) is 14.2 Å². The SMILES string of the molecule is CCc1cc(=O)n(C)c(SC(C)C(=O)N2CCC(Cc3ccccc3)CC2)n1. The van der Waals surface area contributed by atoms with Gasteiger partial charge in [-0.2, -0.15) is 0 Å². The third-order valence-electron chi connectivity index (χ3n) is 5.43. The van der Waals surface area contributed by atoms with Crippen molar-refractivity contribution >= 4 is 17.7 Å². The molecule has 28 heavy (non-hydrogen) atoms. The summed E-state index contributed by atoms with van der Waals surface area (Å²) in [7, 11) is 1.71. The molecule has 0 aliphatic carbocycles. The Morgan fingerprint density at radius 2 is 1.93 bits per heavy atom. The van der Waals surface area contributed by atoms with Crippen molar-refractivity contribution in [2.45, 2.75) is 49.9 Å². The van der Waals surface area contributed by atoms with Crippen LogP contribution in [-0.2, 0) is 24.7 Å². The molecule has 3 rings (SSSR count). The number of carbonyl (C=O) groups is 1. The summed E-state index contributed by atoms with van der Waals surface area (Å²) in [4.78, 5) is 31.5. The molecule has 0 radical (unpaired) electrons. The first-order valence-electron chi connectivity index (χ1n) is 10.0. The second kappa shape index (κ2) is 9.41. The predicted molar refractivity (Wildman–Crippen MR) is 114 cm³/mol. The van der Waals surface area contributed by atoms with E-state index in [2.05, 4.69) is 29.2 Å². The highest BCUT2D eigenvalue weighted by Gasteiger charge is 2.27. The van der Waals surface area contributed by atoms with Gasteiger partial charge in [0.05, 0.1) is 5.25 Å². The van der Waals surface area contributed by atoms with Crippen molar-refractivity contribution in [2.24, 2.45) is 13.0 Å². The average Bonchev–Trinajstić information content (AvgIpc) is 2.72. The van der Waals surface area contributed by atoms with E-state index < -0.39 is 0 Å². The maximum absolute atomic E-state index is 12.9. The molecule has 1 atom stereocenters. The Labute approximate surface area is 171 Å². The predicted octanol–water partition coefficient (Wildman–Crippen LogP) is 3.30. The number of likely N-dealkylation sites (tertiary alicyclic amines) is 1. The molecule has 0 N–H and O–H groups in total. The summed E-state index contributed by atoms with van der Waals surface area (Å²) in [6.07, 6.45) is 3.88. The number of benzene rings is 1. The van der Waals surface area contributed by atoms with E-state index >= 15 is 0 Å². The van der Waals surface area contributed by atoms with Gasteiger partial charge in [-0.05, 0) is 44.1 Å². The van der Waals surface area contributed by atoms with E-state index in [1.165, 1.54) is 21.9 Å². The molecule has 5 nitrogen and oxygen atoms in total. The summed E-state index contributed by atoms with van der Waals surface area (Å²) < 4.78 is 1.53. The second-order valence-electron chi connectivity index (χ2n) is 7.50. The smallest absolute Gasteiger partial charge is 0.254 e. The lowest BCUT2D eigenvalue weighted by molar-refractivity contribution is -0.131. The number of nitrogens with zero attached hydrogens (tertiary/aromatic N) is 3. The Morgan fingerprint density at radius 3 is 2.57 bits per heavy atom. The van der Waals surface area contributed by atoms with Gasteiger partial charge in [0.1, 0.15) is 0 Å². The van der Waals surface area contributed by atoms with Crippen molar-refractivity contribution in [3.8, 4) is 0 Å². The van der Waals surface area contributed by atoms with Crippen LogP contribution in [0.2, 0.25) is 0 Å². The number of rotatable bonds is 6. The van der Waals surface area contributed by atoms with E-state index in [0.717, 1.165) is 38.0 Å². The fraction of sp³-hybridized carbons (Fsp3) is 0.500. The van der Waals surface area contributed by atoms with E-state index in [9.17, 15) is 9.59 Å². The van der Waals surface area contributed by atoms with Crippen molar-refractivity contribution in [3.05, 3.63) is 58.0 Å². The maximum atomic E-state index is 12.9. The van der Waals surface area contributed by atoms with Gasteiger partial charge < -0.3 is 4.90 Å². The van der Waals surface area contributed by atoms with E-state index in [-0.39, 0.29) is 16.7 Å². The minimum atomic E-state index is -0.254. The molecule has 0 bridgehead atoms. The van der Waals surface area contributed by atoms with Crippen LogP contribution < -0.4 is 5.56 Å². The van der Waals surface area contributed by atoms with E-state index in [1.807, 2.05) is 24.8 Å². The van der Waals surface area contributed by atoms with Gasteiger partial charge in [0.15, 0.2) is 5.16 Å². The summed E-state index contributed by atoms with van der Waals surface area (Å²) >= 11 is 1.38. The minimum Gasteiger partial charge on any atom is -0.342 e. The highest BCUT2D eigenvalue weighted by atomic mass is 32.2. The van der Waals surface area contributed by atoms with E-state index in [0.29, 0.717) is 17.5 Å². The highest BCUT2D eigenvalue weighted by Crippen LogP contribution is 2.26. The standard InChI is InChI=1S/C22H29N3O2S/c1-4-19-15-20(26)24(3)22(23-19)28-16(2)21(27)25-12-10-18(11-13-25)14-17-8-6-5-7-9-17/h5-9,15-16,18H,4,10-14H2,1-3H3. The normalized spacial score (nSPS) is 16.2. The first kappa shape index (κ1) is 20.6. The van der Waals surface area contributed by atoms with Crippen molar-refractivity contribution in [3.63, 3.8) is 0 Å². The molecule has 0 spiro atoms. The van der Waals surface area contributed by atoms with Crippen LogP contribution in [0.25, 0.3) is 0 Å². The van der Waals surface area contributed by atoms with Gasteiger partial charge in [-0.25, -0.2) is 4.98 Å². The molecular weight excluding hydrogens is 370 g/mol. The highest BCUT2D eigenvalue weighted by molar-refractivity contribution is 8.00. The topological polar surface area (TPSA) is 55.2 Å². The molecule has 1 saturated heterocycles. The number of aryl methyl sites for hydroxylation is 1. The van der Waals surface area contributed by atoms with E-state index in [1.54, 1.807) is 13.1 Å². The molecule has 2 heterocycles. The van der Waals surface area contributed by atoms with Crippen LogP contribution >= 0.6 is 11.8 Å². The van der Waals surface area contributed by atoms with Gasteiger partial charge in [0, 0.05) is 31.9 Å². The molecule has 1 aromatic heterocycles. The molecule has 1 unspecified atom stereocenters. The average molecular weight is 400 g/mol. The molecule has 1 aromatic carbocycles. The second-order valence-corrected chi connectivity index (χ2v) is 8.81. The van der Waals surface area contributed by atoms with Crippen LogP contribution in [0.4, 0.5) is 0 Å². The lowest BCUT2D eigenvalue weighted by Crippen LogP contribution is -2.42. The zero-order valence-electron chi connectivity index (χ0n) is 16.9. The number of amides is 1. The Kier molecular flexibility index (Phi) is 6.94. The monoisotopic (exact) mass is 399 g/mol. The molecule has 1 aliphatic rings. The molecule has 150 valence electrons. The molecule has 1 aliphatic heterocycles. The lowest BCUT2D eigenvalue weighted by Gasteiger charge is -2.33. The molecule has 0 saturated carbocycles. The quantitative estimate of drug-likeness (QED) is 0.552. The zero-order chi connectivity index (χ0) is 20.1. The van der Waals surface area contributed by atoms with Gasteiger partial charge in [-0.1, -0.05) is 49.0 Å². The van der Waals surface area contributed by atoms with Gasteiger partial charge in [0.2, 0.25) is 5.91 Å². The minimum absolute atomic E-state index is 0.0734. The number of hydrogen-bond donors (Lipinski definition) is 0. The van der Waals surface area contributed by atoms with Gasteiger partial charge in [0.25, 0.3) is 5.56 Å². The number of thioether (sulfide) groups is 1. The van der Waals surface area contributed by atoms with Gasteiger partial charge in [-0.15, -0.1) is 0 Å². The van der Waals surface area contributed by atoms with Crippen LogP contribution in [0.5, 0.6) is 0 Å². The van der Waals surface area contributed by atoms with Crippen LogP contribution in [-0.4, -0.2) is 38.7 Å². The number of aromatic nitrogens is 2. The Hall–Kier alpha value is -2.08. The van der Waals surface area contributed by atoms with Crippen LogP contribution in [0.3, 0.4) is 0 Å². The summed E-state index contributed by atoms with van der Waals surface area (Å²) in [6.45, 7) is 5.50. The molecule has 1 fully saturated rings. The third-order valence-corrected chi connectivity index (χ3v) is 6.56. The maximum Gasteiger partial charge on any atom is 0.254 e. The summed E-state index contributed by atoms with van der Waals surface area (Å²) in [5, 5.41) is 0.361.